The Morgan fingerprint density at radius 2 is 2.00 bits per heavy atom. The Morgan fingerprint density at radius 3 is 2.73 bits per heavy atom. The number of nitrogens with zero attached hydrogens (tertiary/aromatic N) is 2. The summed E-state index contributed by atoms with van der Waals surface area (Å²) in [6, 6.07) is 8.21. The molecule has 0 unspecified atom stereocenters. The number of fused-ring (bicyclic) bond motifs is 1. The average molecular weight is 453 g/mol. The van der Waals surface area contributed by atoms with Crippen LogP contribution in [0.5, 0.6) is 5.75 Å². The molecule has 0 radical (unpaired) electrons. The number of likely N-dealkylation sites (tertiary alicyclic amines) is 1. The number of carbonyl (C=O) groups is 2. The molecular weight excluding hydrogens is 416 g/mol. The van der Waals surface area contributed by atoms with E-state index in [2.05, 4.69) is 41.3 Å². The quantitative estimate of drug-likeness (QED) is 0.738. The first-order valence-electron chi connectivity index (χ1n) is 12.3. The van der Waals surface area contributed by atoms with Crippen LogP contribution in [0.25, 0.3) is 0 Å². The van der Waals surface area contributed by atoms with Gasteiger partial charge in [-0.2, -0.15) is 0 Å². The van der Waals surface area contributed by atoms with E-state index in [1.54, 1.807) is 6.20 Å². The summed E-state index contributed by atoms with van der Waals surface area (Å²) in [5.74, 6) is 1.46. The van der Waals surface area contributed by atoms with Gasteiger partial charge in [0.15, 0.2) is 0 Å². The van der Waals surface area contributed by atoms with E-state index < -0.39 is 5.41 Å². The molecule has 3 heterocycles. The number of ether oxygens (including phenoxy) is 1. The third-order valence-corrected chi connectivity index (χ3v) is 7.07. The van der Waals surface area contributed by atoms with Crippen molar-refractivity contribution in [2.45, 2.75) is 64.8 Å². The first-order valence-corrected chi connectivity index (χ1v) is 12.3. The van der Waals surface area contributed by atoms with E-state index in [1.807, 2.05) is 17.0 Å². The van der Waals surface area contributed by atoms with Crippen molar-refractivity contribution in [3.05, 3.63) is 48.0 Å². The minimum Gasteiger partial charge on any atom is -0.491 e. The van der Waals surface area contributed by atoms with E-state index >= 15 is 0 Å². The van der Waals surface area contributed by atoms with Gasteiger partial charge >= 0.3 is 0 Å². The Hall–Kier alpha value is -2.83. The first-order chi connectivity index (χ1) is 16.0. The van der Waals surface area contributed by atoms with Crippen molar-refractivity contribution in [1.29, 1.82) is 0 Å². The number of carbonyl (C=O) groups excluding carboxylic acids is 2. The molecule has 7 heteroatoms. The third-order valence-electron chi connectivity index (χ3n) is 7.07. The Balaban J connectivity index is 1.50. The van der Waals surface area contributed by atoms with Gasteiger partial charge in [0.1, 0.15) is 18.1 Å². The van der Waals surface area contributed by atoms with Crippen LogP contribution in [-0.4, -0.2) is 52.4 Å². The molecule has 1 saturated heterocycles. The smallest absolute Gasteiger partial charge is 0.271 e. The van der Waals surface area contributed by atoms with Crippen LogP contribution in [0.1, 0.15) is 68.4 Å². The zero-order chi connectivity index (χ0) is 23.3. The van der Waals surface area contributed by atoms with Crippen LogP contribution in [-0.2, 0) is 11.2 Å². The second-order valence-corrected chi connectivity index (χ2v) is 9.96. The van der Waals surface area contributed by atoms with Gasteiger partial charge in [-0.05, 0) is 56.1 Å². The van der Waals surface area contributed by atoms with Crippen molar-refractivity contribution in [3.8, 4) is 5.75 Å². The Morgan fingerprint density at radius 1 is 1.21 bits per heavy atom. The van der Waals surface area contributed by atoms with Crippen molar-refractivity contribution in [3.63, 3.8) is 0 Å². The van der Waals surface area contributed by atoms with E-state index in [1.165, 1.54) is 11.9 Å². The van der Waals surface area contributed by atoms with Gasteiger partial charge < -0.3 is 19.9 Å². The highest BCUT2D eigenvalue weighted by Gasteiger charge is 2.42. The molecule has 0 bridgehead atoms. The van der Waals surface area contributed by atoms with Crippen LogP contribution in [0.2, 0.25) is 0 Å². The number of benzene rings is 1. The summed E-state index contributed by atoms with van der Waals surface area (Å²) in [6.07, 6.45) is 9.11. The van der Waals surface area contributed by atoms with Gasteiger partial charge in [-0.25, -0.2) is 4.98 Å². The van der Waals surface area contributed by atoms with Crippen molar-refractivity contribution < 1.29 is 14.3 Å². The molecule has 4 rings (SSSR count). The highest BCUT2D eigenvalue weighted by Crippen LogP contribution is 2.38. The average Bonchev–Trinajstić information content (AvgIpc) is 3.35. The van der Waals surface area contributed by atoms with E-state index in [0.29, 0.717) is 44.1 Å². The summed E-state index contributed by atoms with van der Waals surface area (Å²) in [5, 5.41) is 3.35. The zero-order valence-electron chi connectivity index (χ0n) is 19.8. The molecule has 2 aliphatic rings. The third kappa shape index (κ3) is 5.57. The van der Waals surface area contributed by atoms with Crippen LogP contribution >= 0.6 is 0 Å². The summed E-state index contributed by atoms with van der Waals surface area (Å²) in [6.45, 7) is 5.98. The lowest BCUT2D eigenvalue weighted by Crippen LogP contribution is -2.53. The number of aromatic amines is 1. The SMILES string of the molecule is CC(C)C[C@H]1COc2ccccc2CCCCC2(CCN(C(=O)c3cnc[nH]3)CC2)C(=O)N1. The van der Waals surface area contributed by atoms with Crippen LogP contribution in [0.4, 0.5) is 0 Å². The Labute approximate surface area is 196 Å². The lowest BCUT2D eigenvalue weighted by Gasteiger charge is -2.41. The minimum atomic E-state index is -0.432. The number of piperidine rings is 1. The van der Waals surface area contributed by atoms with Crippen LogP contribution < -0.4 is 10.1 Å². The maximum atomic E-state index is 13.7. The number of aryl methyl sites for hydroxylation is 1. The molecule has 1 fully saturated rings. The normalized spacial score (nSPS) is 21.5. The highest BCUT2D eigenvalue weighted by atomic mass is 16.5. The number of para-hydroxylation sites is 1. The Bertz CT molecular complexity index is 933. The van der Waals surface area contributed by atoms with Crippen LogP contribution in [0, 0.1) is 11.3 Å². The topological polar surface area (TPSA) is 87.3 Å². The number of hydrogen-bond acceptors (Lipinski definition) is 4. The lowest BCUT2D eigenvalue weighted by atomic mass is 9.73. The number of nitrogens with one attached hydrogen (secondary N) is 2. The monoisotopic (exact) mass is 452 g/mol. The molecule has 1 spiro atoms. The maximum absolute atomic E-state index is 13.7. The molecule has 1 aromatic heterocycles. The summed E-state index contributed by atoms with van der Waals surface area (Å²) in [4.78, 5) is 35.1. The van der Waals surface area contributed by atoms with Crippen LogP contribution in [0.15, 0.2) is 36.8 Å². The Kier molecular flexibility index (Phi) is 7.36. The summed E-state index contributed by atoms with van der Waals surface area (Å²) >= 11 is 0. The fraction of sp³-hybridized carbons (Fsp3) is 0.577. The number of hydrogen-bond donors (Lipinski definition) is 2. The number of imidazole rings is 1. The summed E-state index contributed by atoms with van der Waals surface area (Å²) in [7, 11) is 0. The van der Waals surface area contributed by atoms with Crippen molar-refractivity contribution in [2.24, 2.45) is 11.3 Å². The van der Waals surface area contributed by atoms with Gasteiger partial charge in [-0.15, -0.1) is 0 Å². The van der Waals surface area contributed by atoms with E-state index in [9.17, 15) is 9.59 Å². The molecule has 2 N–H and O–H groups in total. The maximum Gasteiger partial charge on any atom is 0.271 e. The predicted molar refractivity (Wildman–Crippen MR) is 127 cm³/mol. The van der Waals surface area contributed by atoms with Crippen LogP contribution in [0.3, 0.4) is 0 Å². The van der Waals surface area contributed by atoms with Crippen molar-refractivity contribution in [2.75, 3.05) is 19.7 Å². The van der Waals surface area contributed by atoms with Gasteiger partial charge in [-0.1, -0.05) is 38.5 Å². The van der Waals surface area contributed by atoms with Gasteiger partial charge in [0.25, 0.3) is 5.91 Å². The first kappa shape index (κ1) is 23.3. The molecule has 2 amide bonds. The molecular formula is C26H36N4O3. The molecule has 0 aliphatic carbocycles. The molecule has 1 aromatic carbocycles. The predicted octanol–water partition coefficient (Wildman–Crippen LogP) is 3.97. The van der Waals surface area contributed by atoms with Gasteiger partial charge in [0.05, 0.1) is 24.0 Å². The summed E-state index contributed by atoms with van der Waals surface area (Å²) in [5.41, 5.74) is 1.31. The number of aromatic nitrogens is 2. The minimum absolute atomic E-state index is 0.0356. The van der Waals surface area contributed by atoms with Crippen molar-refractivity contribution in [1.82, 2.24) is 20.2 Å². The van der Waals surface area contributed by atoms with Gasteiger partial charge in [-0.3, -0.25) is 9.59 Å². The lowest BCUT2D eigenvalue weighted by molar-refractivity contribution is -0.135. The van der Waals surface area contributed by atoms with Gasteiger partial charge in [0, 0.05) is 13.1 Å². The number of rotatable bonds is 3. The second-order valence-electron chi connectivity index (χ2n) is 9.96. The second kappa shape index (κ2) is 10.4. The largest absolute Gasteiger partial charge is 0.491 e. The highest BCUT2D eigenvalue weighted by molar-refractivity contribution is 5.92. The number of amides is 2. The van der Waals surface area contributed by atoms with E-state index in [0.717, 1.165) is 37.9 Å². The molecule has 2 aromatic rings. The molecule has 1 atom stereocenters. The van der Waals surface area contributed by atoms with Crippen molar-refractivity contribution >= 4 is 11.8 Å². The van der Waals surface area contributed by atoms with E-state index in [-0.39, 0.29) is 17.9 Å². The van der Waals surface area contributed by atoms with Gasteiger partial charge in [0.2, 0.25) is 5.91 Å². The zero-order valence-corrected chi connectivity index (χ0v) is 19.8. The fourth-order valence-electron chi connectivity index (χ4n) is 5.17. The molecule has 2 aliphatic heterocycles. The summed E-state index contributed by atoms with van der Waals surface area (Å²) < 4.78 is 6.21. The molecule has 0 saturated carbocycles. The molecule has 33 heavy (non-hydrogen) atoms. The molecule has 7 nitrogen and oxygen atoms in total. The molecule has 178 valence electrons. The number of H-pyrrole nitrogens is 1. The van der Waals surface area contributed by atoms with E-state index in [4.69, 9.17) is 4.74 Å². The standard InChI is InChI=1S/C26H36N4O3/c1-19(2)15-21-17-33-23-9-4-3-7-20(23)8-5-6-10-26(25(32)29-21)11-13-30(14-12-26)24(31)22-16-27-18-28-22/h3-4,7,9,16,18-19,21H,5-6,8,10-15,17H2,1-2H3,(H,27,28)(H,29,32)/t21-/m0/s1. The fourth-order valence-corrected chi connectivity index (χ4v) is 5.17.